The standard InChI is InChI=1S/C15H23N/c1-3-12(2)10-16-11-13-7-8-14-5-4-6-15(14)9-13/h7-9,12,16H,3-6,10-11H2,1-2H3. The van der Waals surface area contributed by atoms with Crippen molar-refractivity contribution in [3.63, 3.8) is 0 Å². The molecule has 0 spiro atoms. The highest BCUT2D eigenvalue weighted by molar-refractivity contribution is 5.35. The van der Waals surface area contributed by atoms with Crippen LogP contribution < -0.4 is 5.32 Å². The summed E-state index contributed by atoms with van der Waals surface area (Å²) < 4.78 is 0. The summed E-state index contributed by atoms with van der Waals surface area (Å²) in [5.74, 6) is 0.787. The van der Waals surface area contributed by atoms with Crippen molar-refractivity contribution in [2.45, 2.75) is 46.1 Å². The molecule has 0 aromatic heterocycles. The summed E-state index contributed by atoms with van der Waals surface area (Å²) in [4.78, 5) is 0. The van der Waals surface area contributed by atoms with E-state index in [-0.39, 0.29) is 0 Å². The second kappa shape index (κ2) is 5.49. The Balaban J connectivity index is 1.86. The molecule has 1 heteroatoms. The molecule has 1 N–H and O–H groups in total. The summed E-state index contributed by atoms with van der Waals surface area (Å²) in [6.07, 6.45) is 5.18. The maximum Gasteiger partial charge on any atom is 0.0205 e. The molecule has 16 heavy (non-hydrogen) atoms. The highest BCUT2D eigenvalue weighted by atomic mass is 14.8. The lowest BCUT2D eigenvalue weighted by atomic mass is 10.1. The fourth-order valence-corrected chi connectivity index (χ4v) is 2.34. The first-order chi connectivity index (χ1) is 7.79. The van der Waals surface area contributed by atoms with Gasteiger partial charge in [0.25, 0.3) is 0 Å². The molecule has 0 aliphatic heterocycles. The second-order valence-electron chi connectivity index (χ2n) is 5.10. The monoisotopic (exact) mass is 217 g/mol. The average molecular weight is 217 g/mol. The van der Waals surface area contributed by atoms with Crippen LogP contribution in [0.5, 0.6) is 0 Å². The maximum absolute atomic E-state index is 3.54. The van der Waals surface area contributed by atoms with Gasteiger partial charge in [0.1, 0.15) is 0 Å². The number of aryl methyl sites for hydroxylation is 2. The third-order valence-corrected chi connectivity index (χ3v) is 3.68. The summed E-state index contributed by atoms with van der Waals surface area (Å²) >= 11 is 0. The molecule has 1 atom stereocenters. The topological polar surface area (TPSA) is 12.0 Å². The van der Waals surface area contributed by atoms with Crippen molar-refractivity contribution in [1.82, 2.24) is 5.32 Å². The van der Waals surface area contributed by atoms with Crippen LogP contribution in [-0.2, 0) is 19.4 Å². The van der Waals surface area contributed by atoms with Gasteiger partial charge >= 0.3 is 0 Å². The first-order valence-corrected chi connectivity index (χ1v) is 6.61. The third kappa shape index (κ3) is 2.85. The molecule has 0 saturated heterocycles. The number of benzene rings is 1. The van der Waals surface area contributed by atoms with Crippen LogP contribution in [0.2, 0.25) is 0 Å². The van der Waals surface area contributed by atoms with Gasteiger partial charge in [0.2, 0.25) is 0 Å². The van der Waals surface area contributed by atoms with E-state index >= 15 is 0 Å². The van der Waals surface area contributed by atoms with Gasteiger partial charge in [-0.3, -0.25) is 0 Å². The number of hydrogen-bond donors (Lipinski definition) is 1. The smallest absolute Gasteiger partial charge is 0.0205 e. The van der Waals surface area contributed by atoms with Gasteiger partial charge in [-0.05, 0) is 48.4 Å². The van der Waals surface area contributed by atoms with E-state index in [2.05, 4.69) is 37.4 Å². The minimum atomic E-state index is 0.787. The predicted molar refractivity (Wildman–Crippen MR) is 69.6 cm³/mol. The zero-order valence-corrected chi connectivity index (χ0v) is 10.6. The Morgan fingerprint density at radius 2 is 2.06 bits per heavy atom. The Hall–Kier alpha value is -0.820. The molecule has 88 valence electrons. The van der Waals surface area contributed by atoms with Gasteiger partial charge in [-0.1, -0.05) is 38.5 Å². The molecule has 1 nitrogen and oxygen atoms in total. The van der Waals surface area contributed by atoms with Crippen molar-refractivity contribution >= 4 is 0 Å². The molecule has 1 aromatic carbocycles. The Morgan fingerprint density at radius 1 is 1.25 bits per heavy atom. The molecule has 0 amide bonds. The van der Waals surface area contributed by atoms with Crippen molar-refractivity contribution < 1.29 is 0 Å². The van der Waals surface area contributed by atoms with E-state index in [0.717, 1.165) is 19.0 Å². The van der Waals surface area contributed by atoms with Crippen LogP contribution in [0.4, 0.5) is 0 Å². The van der Waals surface area contributed by atoms with Gasteiger partial charge in [-0.15, -0.1) is 0 Å². The van der Waals surface area contributed by atoms with Gasteiger partial charge in [0, 0.05) is 6.54 Å². The van der Waals surface area contributed by atoms with Gasteiger partial charge < -0.3 is 5.32 Å². The van der Waals surface area contributed by atoms with E-state index < -0.39 is 0 Å². The number of hydrogen-bond acceptors (Lipinski definition) is 1. The highest BCUT2D eigenvalue weighted by Crippen LogP contribution is 2.22. The van der Waals surface area contributed by atoms with Gasteiger partial charge in [0.05, 0.1) is 0 Å². The van der Waals surface area contributed by atoms with Crippen LogP contribution >= 0.6 is 0 Å². The molecule has 2 rings (SSSR count). The molecule has 1 aromatic rings. The lowest BCUT2D eigenvalue weighted by Crippen LogP contribution is -2.20. The van der Waals surface area contributed by atoms with Crippen molar-refractivity contribution in [1.29, 1.82) is 0 Å². The maximum atomic E-state index is 3.54. The minimum Gasteiger partial charge on any atom is -0.312 e. The van der Waals surface area contributed by atoms with E-state index in [4.69, 9.17) is 0 Å². The van der Waals surface area contributed by atoms with Crippen molar-refractivity contribution in [2.24, 2.45) is 5.92 Å². The highest BCUT2D eigenvalue weighted by Gasteiger charge is 2.10. The molecule has 0 saturated carbocycles. The Labute approximate surface area is 99.3 Å². The Kier molecular flexibility index (Phi) is 4.00. The average Bonchev–Trinajstić information content (AvgIpc) is 2.76. The van der Waals surface area contributed by atoms with Crippen molar-refractivity contribution in [2.75, 3.05) is 6.54 Å². The second-order valence-corrected chi connectivity index (χ2v) is 5.10. The van der Waals surface area contributed by atoms with Crippen molar-refractivity contribution in [3.8, 4) is 0 Å². The predicted octanol–water partition coefficient (Wildman–Crippen LogP) is 3.31. The van der Waals surface area contributed by atoms with Crippen LogP contribution in [0.25, 0.3) is 0 Å². The summed E-state index contributed by atoms with van der Waals surface area (Å²) in [7, 11) is 0. The van der Waals surface area contributed by atoms with Crippen LogP contribution in [0.15, 0.2) is 18.2 Å². The molecule has 0 fully saturated rings. The summed E-state index contributed by atoms with van der Waals surface area (Å²) in [6.45, 7) is 6.71. The molecule has 1 aliphatic rings. The van der Waals surface area contributed by atoms with Crippen molar-refractivity contribution in [3.05, 3.63) is 34.9 Å². The summed E-state index contributed by atoms with van der Waals surface area (Å²) in [5, 5.41) is 3.54. The van der Waals surface area contributed by atoms with E-state index in [1.165, 1.54) is 31.2 Å². The van der Waals surface area contributed by atoms with E-state index in [9.17, 15) is 0 Å². The lowest BCUT2D eigenvalue weighted by Gasteiger charge is -2.10. The quantitative estimate of drug-likeness (QED) is 0.798. The summed E-state index contributed by atoms with van der Waals surface area (Å²) in [6, 6.07) is 7.00. The molecule has 0 radical (unpaired) electrons. The molecular formula is C15H23N. The Bertz CT molecular complexity index is 343. The van der Waals surface area contributed by atoms with Crippen LogP contribution in [0.3, 0.4) is 0 Å². The zero-order valence-electron chi connectivity index (χ0n) is 10.6. The molecule has 1 unspecified atom stereocenters. The molecule has 0 bridgehead atoms. The summed E-state index contributed by atoms with van der Waals surface area (Å²) in [5.41, 5.74) is 4.61. The van der Waals surface area contributed by atoms with E-state index in [0.29, 0.717) is 0 Å². The fraction of sp³-hybridized carbons (Fsp3) is 0.600. The van der Waals surface area contributed by atoms with E-state index in [1.807, 2.05) is 0 Å². The molecule has 1 aliphatic carbocycles. The number of nitrogens with one attached hydrogen (secondary N) is 1. The van der Waals surface area contributed by atoms with Crippen LogP contribution in [0, 0.1) is 5.92 Å². The number of rotatable bonds is 5. The fourth-order valence-electron chi connectivity index (χ4n) is 2.34. The largest absolute Gasteiger partial charge is 0.312 e. The van der Waals surface area contributed by atoms with Gasteiger partial charge in [-0.25, -0.2) is 0 Å². The molecule has 0 heterocycles. The van der Waals surface area contributed by atoms with E-state index in [1.54, 1.807) is 11.1 Å². The normalized spacial score (nSPS) is 16.1. The van der Waals surface area contributed by atoms with Crippen LogP contribution in [0.1, 0.15) is 43.4 Å². The first-order valence-electron chi connectivity index (χ1n) is 6.61. The molecular weight excluding hydrogens is 194 g/mol. The lowest BCUT2D eigenvalue weighted by molar-refractivity contribution is 0.500. The first kappa shape index (κ1) is 11.7. The third-order valence-electron chi connectivity index (χ3n) is 3.68. The minimum absolute atomic E-state index is 0.787. The van der Waals surface area contributed by atoms with Crippen LogP contribution in [-0.4, -0.2) is 6.54 Å². The number of fused-ring (bicyclic) bond motifs is 1. The van der Waals surface area contributed by atoms with Gasteiger partial charge in [-0.2, -0.15) is 0 Å². The van der Waals surface area contributed by atoms with Gasteiger partial charge in [0.15, 0.2) is 0 Å². The zero-order chi connectivity index (χ0) is 11.4. The Morgan fingerprint density at radius 3 is 2.88 bits per heavy atom. The SMILES string of the molecule is CCC(C)CNCc1ccc2c(c1)CCC2.